The lowest BCUT2D eigenvalue weighted by Gasteiger charge is -2.29. The van der Waals surface area contributed by atoms with Crippen molar-refractivity contribution in [3.63, 3.8) is 0 Å². The number of ketones is 1. The number of nitrogens with zero attached hydrogens (tertiary/aromatic N) is 1. The molecule has 8 heteroatoms. The van der Waals surface area contributed by atoms with Crippen molar-refractivity contribution in [2.24, 2.45) is 0 Å². The maximum atomic E-state index is 12.7. The Morgan fingerprint density at radius 3 is 2.59 bits per heavy atom. The number of rotatable bonds is 9. The highest BCUT2D eigenvalue weighted by atomic mass is 35.5. The molecule has 0 radical (unpaired) electrons. The first kappa shape index (κ1) is 23.3. The van der Waals surface area contributed by atoms with Crippen LogP contribution in [-0.4, -0.2) is 43.9 Å². The van der Waals surface area contributed by atoms with Gasteiger partial charge in [-0.05, 0) is 42.3 Å². The van der Waals surface area contributed by atoms with Gasteiger partial charge in [0.1, 0.15) is 18.0 Å². The van der Waals surface area contributed by atoms with Crippen molar-refractivity contribution < 1.29 is 23.9 Å². The Bertz CT molecular complexity index is 1200. The molecule has 7 nitrogen and oxygen atoms in total. The highest BCUT2D eigenvalue weighted by molar-refractivity contribution is 6.32. The van der Waals surface area contributed by atoms with Gasteiger partial charge in [0.2, 0.25) is 5.91 Å². The third-order valence-electron chi connectivity index (χ3n) is 5.30. The molecule has 0 fully saturated rings. The molecular formula is C26H23ClN2O5. The average Bonchev–Trinajstić information content (AvgIpc) is 2.85. The van der Waals surface area contributed by atoms with E-state index in [0.29, 0.717) is 40.7 Å². The van der Waals surface area contributed by atoms with E-state index in [1.54, 1.807) is 42.5 Å². The molecule has 3 aromatic carbocycles. The molecule has 0 unspecified atom stereocenters. The molecule has 0 aromatic heterocycles. The van der Waals surface area contributed by atoms with Crippen LogP contribution in [0.3, 0.4) is 0 Å². The summed E-state index contributed by atoms with van der Waals surface area (Å²) >= 11 is 6.07. The van der Waals surface area contributed by atoms with Gasteiger partial charge in [-0.15, -0.1) is 0 Å². The fourth-order valence-electron chi connectivity index (χ4n) is 3.53. The van der Waals surface area contributed by atoms with Crippen molar-refractivity contribution in [1.29, 1.82) is 0 Å². The minimum absolute atomic E-state index is 0.169. The first-order valence-electron chi connectivity index (χ1n) is 10.8. The van der Waals surface area contributed by atoms with Gasteiger partial charge in [-0.2, -0.15) is 0 Å². The number of fused-ring (bicyclic) bond motifs is 1. The lowest BCUT2D eigenvalue weighted by atomic mass is 10.1. The zero-order chi connectivity index (χ0) is 23.9. The SMILES string of the molecule is O=C(CN1C(=O)COc2ccc(C(=O)COc3ccccc3Cl)cc21)NCCc1ccccc1. The summed E-state index contributed by atoms with van der Waals surface area (Å²) in [5.74, 6) is -0.116. The van der Waals surface area contributed by atoms with Crippen LogP contribution >= 0.6 is 11.6 Å². The Labute approximate surface area is 202 Å². The Kier molecular flexibility index (Phi) is 7.44. The molecule has 1 aliphatic heterocycles. The summed E-state index contributed by atoms with van der Waals surface area (Å²) in [4.78, 5) is 39.1. The van der Waals surface area contributed by atoms with Gasteiger partial charge in [-0.3, -0.25) is 19.3 Å². The number of hydrogen-bond acceptors (Lipinski definition) is 5. The van der Waals surface area contributed by atoms with Gasteiger partial charge in [0.15, 0.2) is 19.0 Å². The van der Waals surface area contributed by atoms with E-state index in [2.05, 4.69) is 5.32 Å². The maximum absolute atomic E-state index is 12.7. The van der Waals surface area contributed by atoms with Crippen LogP contribution < -0.4 is 19.7 Å². The molecule has 0 bridgehead atoms. The summed E-state index contributed by atoms with van der Waals surface area (Å²) in [7, 11) is 0. The molecule has 1 N–H and O–H groups in total. The molecule has 0 aliphatic carbocycles. The maximum Gasteiger partial charge on any atom is 0.265 e. The lowest BCUT2D eigenvalue weighted by molar-refractivity contribution is -0.125. The smallest absolute Gasteiger partial charge is 0.265 e. The Morgan fingerprint density at radius 2 is 1.79 bits per heavy atom. The van der Waals surface area contributed by atoms with E-state index in [1.165, 1.54) is 4.90 Å². The van der Waals surface area contributed by atoms with Gasteiger partial charge in [-0.25, -0.2) is 0 Å². The number of nitrogens with one attached hydrogen (secondary N) is 1. The Hall–Kier alpha value is -3.84. The van der Waals surface area contributed by atoms with Crippen LogP contribution in [0.5, 0.6) is 11.5 Å². The summed E-state index contributed by atoms with van der Waals surface area (Å²) in [5.41, 5.74) is 1.81. The molecule has 0 atom stereocenters. The highest BCUT2D eigenvalue weighted by Crippen LogP contribution is 2.33. The number of hydrogen-bond donors (Lipinski definition) is 1. The summed E-state index contributed by atoms with van der Waals surface area (Å²) < 4.78 is 11.0. The largest absolute Gasteiger partial charge is 0.484 e. The molecular weight excluding hydrogens is 456 g/mol. The third kappa shape index (κ3) is 5.74. The number of halogens is 1. The fourth-order valence-corrected chi connectivity index (χ4v) is 3.72. The normalized spacial score (nSPS) is 12.5. The summed E-state index contributed by atoms with van der Waals surface area (Å²) in [6, 6.07) is 21.4. The second kappa shape index (κ2) is 10.9. The standard InChI is InChI=1S/C26H23ClN2O5/c27-20-8-4-5-9-23(20)33-16-22(30)19-10-11-24-21(14-19)29(26(32)17-34-24)15-25(31)28-13-12-18-6-2-1-3-7-18/h1-11,14H,12-13,15-17H2,(H,28,31). The monoisotopic (exact) mass is 478 g/mol. The molecule has 174 valence electrons. The summed E-state index contributed by atoms with van der Waals surface area (Å²) in [5, 5.41) is 3.24. The van der Waals surface area contributed by atoms with Gasteiger partial charge in [0, 0.05) is 12.1 Å². The fraction of sp³-hybridized carbons (Fsp3) is 0.192. The van der Waals surface area contributed by atoms with E-state index < -0.39 is 0 Å². The average molecular weight is 479 g/mol. The lowest BCUT2D eigenvalue weighted by Crippen LogP contribution is -2.45. The van der Waals surface area contributed by atoms with E-state index in [4.69, 9.17) is 21.1 Å². The number of Topliss-reactive ketones (excluding diaryl/α,β-unsaturated/α-hetero) is 1. The topological polar surface area (TPSA) is 84.9 Å². The van der Waals surface area contributed by atoms with Gasteiger partial charge < -0.3 is 14.8 Å². The third-order valence-corrected chi connectivity index (χ3v) is 5.61. The van der Waals surface area contributed by atoms with Gasteiger partial charge in [0.25, 0.3) is 5.91 Å². The van der Waals surface area contributed by atoms with Gasteiger partial charge >= 0.3 is 0 Å². The predicted octanol–water partition coefficient (Wildman–Crippen LogP) is 3.69. The van der Waals surface area contributed by atoms with E-state index in [1.807, 2.05) is 30.3 Å². The van der Waals surface area contributed by atoms with Crippen LogP contribution in [0.15, 0.2) is 72.8 Å². The Morgan fingerprint density at radius 1 is 1.03 bits per heavy atom. The first-order chi connectivity index (χ1) is 16.5. The van der Waals surface area contributed by atoms with Crippen molar-refractivity contribution >= 4 is 34.9 Å². The van der Waals surface area contributed by atoms with Crippen LogP contribution in [0.25, 0.3) is 0 Å². The van der Waals surface area contributed by atoms with E-state index >= 15 is 0 Å². The molecule has 34 heavy (non-hydrogen) atoms. The van der Waals surface area contributed by atoms with E-state index in [0.717, 1.165) is 5.56 Å². The van der Waals surface area contributed by atoms with Crippen molar-refractivity contribution in [3.05, 3.63) is 88.9 Å². The zero-order valence-electron chi connectivity index (χ0n) is 18.3. The number of carbonyl (C=O) groups is 3. The molecule has 0 spiro atoms. The number of amides is 2. The van der Waals surface area contributed by atoms with Crippen molar-refractivity contribution in [2.75, 3.05) is 31.2 Å². The Balaban J connectivity index is 1.40. The molecule has 1 aliphatic rings. The summed E-state index contributed by atoms with van der Waals surface area (Å²) in [6.45, 7) is -0.117. The first-order valence-corrected chi connectivity index (χ1v) is 11.2. The quantitative estimate of drug-likeness (QED) is 0.474. The number of carbonyl (C=O) groups excluding carboxylic acids is 3. The van der Waals surface area contributed by atoms with Crippen molar-refractivity contribution in [1.82, 2.24) is 5.32 Å². The minimum Gasteiger partial charge on any atom is -0.484 e. The van der Waals surface area contributed by atoms with Crippen molar-refractivity contribution in [2.45, 2.75) is 6.42 Å². The molecule has 0 saturated carbocycles. The van der Waals surface area contributed by atoms with Gasteiger partial charge in [-0.1, -0.05) is 54.1 Å². The van der Waals surface area contributed by atoms with Crippen LogP contribution in [0.1, 0.15) is 15.9 Å². The van der Waals surface area contributed by atoms with Crippen LogP contribution in [0, 0.1) is 0 Å². The summed E-state index contributed by atoms with van der Waals surface area (Å²) in [6.07, 6.45) is 0.685. The number of anilines is 1. The number of benzene rings is 3. The van der Waals surface area contributed by atoms with E-state index in [-0.39, 0.29) is 37.4 Å². The van der Waals surface area contributed by atoms with Gasteiger partial charge in [0.05, 0.1) is 10.7 Å². The van der Waals surface area contributed by atoms with Crippen LogP contribution in [-0.2, 0) is 16.0 Å². The second-order valence-electron chi connectivity index (χ2n) is 7.68. The molecule has 2 amide bonds. The predicted molar refractivity (Wildman–Crippen MR) is 129 cm³/mol. The molecule has 4 rings (SSSR count). The number of ether oxygens (including phenoxy) is 2. The number of para-hydroxylation sites is 1. The van der Waals surface area contributed by atoms with Crippen molar-refractivity contribution in [3.8, 4) is 11.5 Å². The zero-order valence-corrected chi connectivity index (χ0v) is 19.1. The minimum atomic E-state index is -0.359. The molecule has 3 aromatic rings. The second-order valence-corrected chi connectivity index (χ2v) is 8.09. The molecule has 1 heterocycles. The van der Waals surface area contributed by atoms with E-state index in [9.17, 15) is 14.4 Å². The van der Waals surface area contributed by atoms with Crippen LogP contribution in [0.2, 0.25) is 5.02 Å². The highest BCUT2D eigenvalue weighted by Gasteiger charge is 2.28. The molecule has 0 saturated heterocycles. The van der Waals surface area contributed by atoms with Crippen LogP contribution in [0.4, 0.5) is 5.69 Å².